The Balaban J connectivity index is 2.37. The summed E-state index contributed by atoms with van der Waals surface area (Å²) in [7, 11) is 0. The first-order valence-electron chi connectivity index (χ1n) is 6.16. The molecule has 0 aromatic rings. The van der Waals surface area contributed by atoms with Crippen molar-refractivity contribution in [2.75, 3.05) is 18.8 Å². The van der Waals surface area contributed by atoms with Crippen molar-refractivity contribution < 1.29 is 4.79 Å². The van der Waals surface area contributed by atoms with Crippen molar-refractivity contribution in [3.63, 3.8) is 0 Å². The van der Waals surface area contributed by atoms with Crippen LogP contribution < -0.4 is 0 Å². The highest BCUT2D eigenvalue weighted by Gasteiger charge is 2.21. The van der Waals surface area contributed by atoms with Gasteiger partial charge >= 0.3 is 0 Å². The van der Waals surface area contributed by atoms with Gasteiger partial charge in [0, 0.05) is 19.5 Å². The van der Waals surface area contributed by atoms with Crippen LogP contribution in [0.2, 0.25) is 0 Å². The fourth-order valence-electron chi connectivity index (χ4n) is 2.29. The Morgan fingerprint density at radius 1 is 1.47 bits per heavy atom. The highest BCUT2D eigenvalue weighted by Crippen LogP contribution is 2.22. The smallest absolute Gasteiger partial charge is 0.222 e. The van der Waals surface area contributed by atoms with Gasteiger partial charge in [0.15, 0.2) is 0 Å². The first kappa shape index (κ1) is 12.9. The minimum Gasteiger partial charge on any atom is -0.343 e. The lowest BCUT2D eigenvalue weighted by atomic mass is 9.96. The molecular formula is C12H23NOS. The molecule has 1 rings (SSSR count). The van der Waals surface area contributed by atoms with Gasteiger partial charge in [0.05, 0.1) is 0 Å². The van der Waals surface area contributed by atoms with Crippen molar-refractivity contribution >= 4 is 18.5 Å². The van der Waals surface area contributed by atoms with E-state index in [1.54, 1.807) is 0 Å². The summed E-state index contributed by atoms with van der Waals surface area (Å²) in [6, 6.07) is 0. The van der Waals surface area contributed by atoms with Gasteiger partial charge in [-0.1, -0.05) is 19.8 Å². The normalized spacial score (nSPS) is 22.9. The maximum Gasteiger partial charge on any atom is 0.222 e. The average molecular weight is 229 g/mol. The number of rotatable bonds is 5. The van der Waals surface area contributed by atoms with E-state index in [1.165, 1.54) is 19.3 Å². The summed E-state index contributed by atoms with van der Waals surface area (Å²) >= 11 is 4.19. The third-order valence-corrected chi connectivity index (χ3v) is 3.53. The summed E-state index contributed by atoms with van der Waals surface area (Å²) in [6.07, 6.45) is 6.61. The molecule has 1 atom stereocenters. The molecule has 2 nitrogen and oxygen atoms in total. The highest BCUT2D eigenvalue weighted by molar-refractivity contribution is 7.80. The zero-order valence-electron chi connectivity index (χ0n) is 9.74. The van der Waals surface area contributed by atoms with E-state index < -0.39 is 0 Å². The SMILES string of the molecule is CCCC1CCC(=O)N(CCCS)CC1. The summed E-state index contributed by atoms with van der Waals surface area (Å²) in [5, 5.41) is 0. The van der Waals surface area contributed by atoms with Gasteiger partial charge in [-0.15, -0.1) is 0 Å². The summed E-state index contributed by atoms with van der Waals surface area (Å²) < 4.78 is 0. The predicted molar refractivity (Wildman–Crippen MR) is 67.3 cm³/mol. The van der Waals surface area contributed by atoms with Crippen LogP contribution in [0.4, 0.5) is 0 Å². The van der Waals surface area contributed by atoms with Crippen LogP contribution in [0, 0.1) is 5.92 Å². The van der Waals surface area contributed by atoms with Crippen molar-refractivity contribution in [2.24, 2.45) is 5.92 Å². The Hall–Kier alpha value is -0.180. The van der Waals surface area contributed by atoms with E-state index in [9.17, 15) is 4.79 Å². The average Bonchev–Trinajstić information content (AvgIpc) is 2.40. The van der Waals surface area contributed by atoms with Crippen LogP contribution in [-0.2, 0) is 4.79 Å². The van der Waals surface area contributed by atoms with Gasteiger partial charge in [-0.3, -0.25) is 4.79 Å². The van der Waals surface area contributed by atoms with Gasteiger partial charge in [-0.2, -0.15) is 12.6 Å². The molecule has 0 radical (unpaired) electrons. The lowest BCUT2D eigenvalue weighted by molar-refractivity contribution is -0.130. The van der Waals surface area contributed by atoms with Crippen LogP contribution in [0.25, 0.3) is 0 Å². The number of carbonyl (C=O) groups excluding carboxylic acids is 1. The van der Waals surface area contributed by atoms with Crippen molar-refractivity contribution in [1.82, 2.24) is 4.90 Å². The number of thiol groups is 1. The van der Waals surface area contributed by atoms with Crippen LogP contribution in [-0.4, -0.2) is 29.6 Å². The van der Waals surface area contributed by atoms with Crippen molar-refractivity contribution in [3.8, 4) is 0 Å². The topological polar surface area (TPSA) is 20.3 Å². The lowest BCUT2D eigenvalue weighted by Crippen LogP contribution is -2.31. The summed E-state index contributed by atoms with van der Waals surface area (Å²) in [6.45, 7) is 4.10. The van der Waals surface area contributed by atoms with Gasteiger partial charge in [0.2, 0.25) is 5.91 Å². The van der Waals surface area contributed by atoms with Crippen LogP contribution in [0.3, 0.4) is 0 Å². The summed E-state index contributed by atoms with van der Waals surface area (Å²) in [5.74, 6) is 2.01. The number of nitrogens with zero attached hydrogens (tertiary/aromatic N) is 1. The molecule has 15 heavy (non-hydrogen) atoms. The molecule has 88 valence electrons. The molecule has 0 bridgehead atoms. The van der Waals surface area contributed by atoms with E-state index in [2.05, 4.69) is 19.6 Å². The minimum absolute atomic E-state index is 0.357. The van der Waals surface area contributed by atoms with E-state index in [4.69, 9.17) is 0 Å². The number of hydrogen-bond donors (Lipinski definition) is 1. The number of carbonyl (C=O) groups is 1. The van der Waals surface area contributed by atoms with E-state index in [0.29, 0.717) is 5.91 Å². The Morgan fingerprint density at radius 3 is 2.93 bits per heavy atom. The maximum atomic E-state index is 11.8. The highest BCUT2D eigenvalue weighted by atomic mass is 32.1. The minimum atomic E-state index is 0.357. The van der Waals surface area contributed by atoms with Crippen molar-refractivity contribution in [1.29, 1.82) is 0 Å². The molecule has 3 heteroatoms. The first-order valence-corrected chi connectivity index (χ1v) is 6.79. The molecular weight excluding hydrogens is 206 g/mol. The zero-order chi connectivity index (χ0) is 11.1. The van der Waals surface area contributed by atoms with Gasteiger partial charge in [0.1, 0.15) is 0 Å². The van der Waals surface area contributed by atoms with Gasteiger partial charge < -0.3 is 4.90 Å². The standard InChI is InChI=1S/C12H23NOS/c1-2-4-11-5-6-12(14)13(9-7-11)8-3-10-15/h11,15H,2-10H2,1H3. The fraction of sp³-hybridized carbons (Fsp3) is 0.917. The quantitative estimate of drug-likeness (QED) is 0.719. The Bertz CT molecular complexity index is 196. The lowest BCUT2D eigenvalue weighted by Gasteiger charge is -2.20. The molecule has 1 heterocycles. The van der Waals surface area contributed by atoms with Gasteiger partial charge in [0.25, 0.3) is 0 Å². The third kappa shape index (κ3) is 4.45. The third-order valence-electron chi connectivity index (χ3n) is 3.21. The second kappa shape index (κ2) is 7.15. The Morgan fingerprint density at radius 2 is 2.27 bits per heavy atom. The number of hydrogen-bond acceptors (Lipinski definition) is 2. The van der Waals surface area contributed by atoms with Gasteiger partial charge in [-0.05, 0) is 30.9 Å². The fourth-order valence-corrected chi connectivity index (χ4v) is 2.43. The first-order chi connectivity index (χ1) is 7.27. The molecule has 0 spiro atoms. The second-order valence-electron chi connectivity index (χ2n) is 4.44. The second-order valence-corrected chi connectivity index (χ2v) is 4.89. The predicted octanol–water partition coefficient (Wildman–Crippen LogP) is 2.74. The molecule has 0 aliphatic carbocycles. The summed E-state index contributed by atoms with van der Waals surface area (Å²) in [5.41, 5.74) is 0. The largest absolute Gasteiger partial charge is 0.343 e. The molecule has 1 aliphatic heterocycles. The molecule has 0 N–H and O–H groups in total. The van der Waals surface area contributed by atoms with E-state index in [1.807, 2.05) is 4.90 Å². The number of likely N-dealkylation sites (tertiary alicyclic amines) is 1. The molecule has 1 saturated heterocycles. The molecule has 1 unspecified atom stereocenters. The molecule has 0 aromatic heterocycles. The molecule has 1 aliphatic rings. The van der Waals surface area contributed by atoms with E-state index in [-0.39, 0.29) is 0 Å². The zero-order valence-corrected chi connectivity index (χ0v) is 10.6. The molecule has 1 fully saturated rings. The summed E-state index contributed by atoms with van der Waals surface area (Å²) in [4.78, 5) is 13.8. The van der Waals surface area contributed by atoms with Crippen LogP contribution in [0.1, 0.15) is 45.4 Å². The Kier molecular flexibility index (Phi) is 6.15. The molecule has 0 saturated carbocycles. The monoisotopic (exact) mass is 229 g/mol. The van der Waals surface area contributed by atoms with Crippen molar-refractivity contribution in [2.45, 2.75) is 45.4 Å². The van der Waals surface area contributed by atoms with Crippen molar-refractivity contribution in [3.05, 3.63) is 0 Å². The number of amides is 1. The van der Waals surface area contributed by atoms with Crippen LogP contribution in [0.15, 0.2) is 0 Å². The van der Waals surface area contributed by atoms with E-state index >= 15 is 0 Å². The molecule has 0 aromatic carbocycles. The van der Waals surface area contributed by atoms with Gasteiger partial charge in [-0.25, -0.2) is 0 Å². The maximum absolute atomic E-state index is 11.8. The van der Waals surface area contributed by atoms with Crippen LogP contribution >= 0.6 is 12.6 Å². The van der Waals surface area contributed by atoms with Crippen LogP contribution in [0.5, 0.6) is 0 Å². The molecule has 1 amide bonds. The van der Waals surface area contributed by atoms with E-state index in [0.717, 1.165) is 44.0 Å². The Labute approximate surface area is 98.8 Å².